The lowest BCUT2D eigenvalue weighted by Gasteiger charge is -2.29. The summed E-state index contributed by atoms with van der Waals surface area (Å²) in [5.41, 5.74) is 0.199. The normalized spacial score (nSPS) is 17.5. The summed E-state index contributed by atoms with van der Waals surface area (Å²) in [6.07, 6.45) is 0.763. The number of nitrogens with zero attached hydrogens (tertiary/aromatic N) is 1. The van der Waals surface area contributed by atoms with Crippen LogP contribution in [0.1, 0.15) is 50.9 Å². The third kappa shape index (κ3) is 5.52. The van der Waals surface area contributed by atoms with Crippen LogP contribution >= 0.6 is 0 Å². The highest BCUT2D eigenvalue weighted by Gasteiger charge is 2.28. The molecule has 1 unspecified atom stereocenters. The number of hydrogen-bond donors (Lipinski definition) is 1. The minimum Gasteiger partial charge on any atom is -0.449 e. The minimum atomic E-state index is -3.56. The van der Waals surface area contributed by atoms with Crippen molar-refractivity contribution in [2.75, 3.05) is 13.1 Å². The van der Waals surface area contributed by atoms with Gasteiger partial charge in [0.15, 0.2) is 6.10 Å². The molecule has 0 aromatic heterocycles. The Kier molecular flexibility index (Phi) is 7.00. The topological polar surface area (TPSA) is 92.8 Å². The van der Waals surface area contributed by atoms with E-state index >= 15 is 0 Å². The van der Waals surface area contributed by atoms with Gasteiger partial charge < -0.3 is 10.1 Å². The summed E-state index contributed by atoms with van der Waals surface area (Å²) in [6.45, 7) is 8.26. The summed E-state index contributed by atoms with van der Waals surface area (Å²) in [5.74, 6) is -0.516. The van der Waals surface area contributed by atoms with Crippen LogP contribution in [0.5, 0.6) is 0 Å². The Morgan fingerprint density at radius 2 is 1.67 bits per heavy atom. The number of rotatable bonds is 6. The van der Waals surface area contributed by atoms with Crippen molar-refractivity contribution in [2.24, 2.45) is 5.92 Å². The SMILES string of the molecule is CC1CCN(S(=O)(=O)c2ccc(C(=O)OC(C)C(=O)NC(C)C)cc2)CC1. The van der Waals surface area contributed by atoms with Crippen molar-refractivity contribution < 1.29 is 22.7 Å². The second kappa shape index (κ2) is 8.84. The van der Waals surface area contributed by atoms with Crippen LogP contribution in [0.15, 0.2) is 29.2 Å². The molecule has 1 aliphatic rings. The summed E-state index contributed by atoms with van der Waals surface area (Å²) in [4.78, 5) is 24.2. The van der Waals surface area contributed by atoms with Gasteiger partial charge in [-0.2, -0.15) is 4.31 Å². The number of esters is 1. The van der Waals surface area contributed by atoms with E-state index in [-0.39, 0.29) is 22.4 Å². The number of carbonyl (C=O) groups is 2. The second-order valence-corrected chi connectivity index (χ2v) is 9.26. The number of carbonyl (C=O) groups excluding carboxylic acids is 2. The van der Waals surface area contributed by atoms with Crippen molar-refractivity contribution in [3.05, 3.63) is 29.8 Å². The van der Waals surface area contributed by atoms with Crippen molar-refractivity contribution in [2.45, 2.75) is 57.6 Å². The quantitative estimate of drug-likeness (QED) is 0.744. The van der Waals surface area contributed by atoms with Gasteiger partial charge in [-0.15, -0.1) is 0 Å². The zero-order valence-electron chi connectivity index (χ0n) is 16.3. The molecule has 150 valence electrons. The molecular formula is C19H28N2O5S. The Balaban J connectivity index is 2.03. The van der Waals surface area contributed by atoms with E-state index in [0.29, 0.717) is 19.0 Å². The molecule has 0 radical (unpaired) electrons. The van der Waals surface area contributed by atoms with Crippen LogP contribution in [-0.4, -0.2) is 49.8 Å². The molecule has 0 bridgehead atoms. The van der Waals surface area contributed by atoms with E-state index in [1.54, 1.807) is 0 Å². The molecule has 0 spiro atoms. The summed E-state index contributed by atoms with van der Waals surface area (Å²) < 4.78 is 32.0. The first-order valence-corrected chi connectivity index (χ1v) is 10.7. The molecule has 2 rings (SSSR count). The lowest BCUT2D eigenvalue weighted by molar-refractivity contribution is -0.129. The summed E-state index contributed by atoms with van der Waals surface area (Å²) in [7, 11) is -3.56. The lowest BCUT2D eigenvalue weighted by Crippen LogP contribution is -2.39. The average Bonchev–Trinajstić information content (AvgIpc) is 2.61. The van der Waals surface area contributed by atoms with E-state index in [2.05, 4.69) is 12.2 Å². The van der Waals surface area contributed by atoms with Gasteiger partial charge in [0.1, 0.15) is 0 Å². The first-order valence-electron chi connectivity index (χ1n) is 9.23. The summed E-state index contributed by atoms with van der Waals surface area (Å²) >= 11 is 0. The Hall–Kier alpha value is -1.93. The van der Waals surface area contributed by atoms with Crippen LogP contribution in [0, 0.1) is 5.92 Å². The molecular weight excluding hydrogens is 368 g/mol. The van der Waals surface area contributed by atoms with Crippen LogP contribution in [0.4, 0.5) is 0 Å². The molecule has 1 heterocycles. The van der Waals surface area contributed by atoms with E-state index < -0.39 is 22.1 Å². The number of nitrogens with one attached hydrogen (secondary N) is 1. The predicted molar refractivity (Wildman–Crippen MR) is 102 cm³/mol. The standard InChI is InChI=1S/C19H28N2O5S/c1-13(2)20-18(22)15(4)26-19(23)16-5-7-17(8-6-16)27(24,25)21-11-9-14(3)10-12-21/h5-8,13-15H,9-12H2,1-4H3,(H,20,22). The van der Waals surface area contributed by atoms with Gasteiger partial charge in [0.2, 0.25) is 10.0 Å². The predicted octanol–water partition coefficient (Wildman–Crippen LogP) is 2.18. The molecule has 7 nitrogen and oxygen atoms in total. The van der Waals surface area contributed by atoms with Gasteiger partial charge in [0.05, 0.1) is 10.5 Å². The zero-order chi connectivity index (χ0) is 20.2. The molecule has 1 saturated heterocycles. The van der Waals surface area contributed by atoms with E-state index in [1.807, 2.05) is 13.8 Å². The van der Waals surface area contributed by atoms with Crippen molar-refractivity contribution in [3.63, 3.8) is 0 Å². The lowest BCUT2D eigenvalue weighted by atomic mass is 10.0. The van der Waals surface area contributed by atoms with Gasteiger partial charge >= 0.3 is 5.97 Å². The Labute approximate surface area is 161 Å². The van der Waals surface area contributed by atoms with Gasteiger partial charge in [-0.25, -0.2) is 13.2 Å². The number of hydrogen-bond acceptors (Lipinski definition) is 5. The molecule has 27 heavy (non-hydrogen) atoms. The van der Waals surface area contributed by atoms with Crippen molar-refractivity contribution in [1.29, 1.82) is 0 Å². The minimum absolute atomic E-state index is 0.0547. The number of piperidine rings is 1. The van der Waals surface area contributed by atoms with E-state index in [4.69, 9.17) is 4.74 Å². The van der Waals surface area contributed by atoms with Gasteiger partial charge in [0, 0.05) is 19.1 Å². The maximum absolute atomic E-state index is 12.7. The summed E-state index contributed by atoms with van der Waals surface area (Å²) in [6, 6.07) is 5.58. The van der Waals surface area contributed by atoms with Crippen LogP contribution < -0.4 is 5.32 Å². The number of sulfonamides is 1. The molecule has 1 aromatic rings. The number of amides is 1. The average molecular weight is 397 g/mol. The maximum Gasteiger partial charge on any atom is 0.338 e. The molecule has 1 atom stereocenters. The third-order valence-corrected chi connectivity index (χ3v) is 6.47. The molecule has 1 aliphatic heterocycles. The maximum atomic E-state index is 12.7. The van der Waals surface area contributed by atoms with Gasteiger partial charge in [-0.3, -0.25) is 4.79 Å². The van der Waals surface area contributed by atoms with E-state index in [9.17, 15) is 18.0 Å². The molecule has 1 fully saturated rings. The van der Waals surface area contributed by atoms with Crippen molar-refractivity contribution in [3.8, 4) is 0 Å². The summed E-state index contributed by atoms with van der Waals surface area (Å²) in [5, 5.41) is 2.67. The largest absolute Gasteiger partial charge is 0.449 e. The van der Waals surface area contributed by atoms with Gasteiger partial charge in [0.25, 0.3) is 5.91 Å². The highest BCUT2D eigenvalue weighted by atomic mass is 32.2. The van der Waals surface area contributed by atoms with E-state index in [1.165, 1.54) is 35.5 Å². The van der Waals surface area contributed by atoms with Crippen LogP contribution in [0.25, 0.3) is 0 Å². The fraction of sp³-hybridized carbons (Fsp3) is 0.579. The molecule has 1 aromatic carbocycles. The molecule has 1 N–H and O–H groups in total. The van der Waals surface area contributed by atoms with Crippen molar-refractivity contribution in [1.82, 2.24) is 9.62 Å². The van der Waals surface area contributed by atoms with Crippen LogP contribution in [-0.2, 0) is 19.6 Å². The fourth-order valence-electron chi connectivity index (χ4n) is 2.82. The fourth-order valence-corrected chi connectivity index (χ4v) is 4.29. The zero-order valence-corrected chi connectivity index (χ0v) is 17.1. The van der Waals surface area contributed by atoms with Crippen LogP contribution in [0.2, 0.25) is 0 Å². The Bertz CT molecular complexity index is 766. The third-order valence-electron chi connectivity index (χ3n) is 4.55. The first-order chi connectivity index (χ1) is 12.6. The number of ether oxygens (including phenoxy) is 1. The highest BCUT2D eigenvalue weighted by molar-refractivity contribution is 7.89. The molecule has 8 heteroatoms. The van der Waals surface area contributed by atoms with Crippen LogP contribution in [0.3, 0.4) is 0 Å². The number of benzene rings is 1. The van der Waals surface area contributed by atoms with Gasteiger partial charge in [-0.1, -0.05) is 6.92 Å². The second-order valence-electron chi connectivity index (χ2n) is 7.32. The monoisotopic (exact) mass is 396 g/mol. The smallest absolute Gasteiger partial charge is 0.338 e. The molecule has 1 amide bonds. The van der Waals surface area contributed by atoms with Crippen molar-refractivity contribution >= 4 is 21.9 Å². The van der Waals surface area contributed by atoms with Gasteiger partial charge in [-0.05, 0) is 63.8 Å². The van der Waals surface area contributed by atoms with E-state index in [0.717, 1.165) is 12.8 Å². The Morgan fingerprint density at radius 1 is 1.11 bits per heavy atom. The molecule has 0 saturated carbocycles. The highest BCUT2D eigenvalue weighted by Crippen LogP contribution is 2.23. The first kappa shape index (κ1) is 21.4. The molecule has 0 aliphatic carbocycles. The Morgan fingerprint density at radius 3 is 2.19 bits per heavy atom.